The van der Waals surface area contributed by atoms with Crippen molar-refractivity contribution < 1.29 is 0 Å². The summed E-state index contributed by atoms with van der Waals surface area (Å²) in [5.41, 5.74) is 2.23. The lowest BCUT2D eigenvalue weighted by molar-refractivity contribution is 0.276. The average molecular weight is 214 g/mol. The van der Waals surface area contributed by atoms with E-state index in [1.807, 2.05) is 12.1 Å². The molecule has 0 aliphatic carbocycles. The van der Waals surface area contributed by atoms with Gasteiger partial charge in [0.05, 0.1) is 11.0 Å². The summed E-state index contributed by atoms with van der Waals surface area (Å²) in [5.74, 6) is 1.72. The number of hydrogen-bond donors (Lipinski definition) is 1. The first-order valence-electron chi connectivity index (χ1n) is 5.83. The molecule has 1 aromatic carbocycles. The topological polar surface area (TPSA) is 31.9 Å². The van der Waals surface area contributed by atoms with Crippen molar-refractivity contribution in [2.24, 2.45) is 0 Å². The molecule has 0 radical (unpaired) electrons. The second-order valence-electron chi connectivity index (χ2n) is 4.53. The Morgan fingerprint density at radius 1 is 1.25 bits per heavy atom. The fraction of sp³-hybridized carbons (Fsp3) is 0.385. The van der Waals surface area contributed by atoms with Gasteiger partial charge in [-0.25, -0.2) is 4.98 Å². The summed E-state index contributed by atoms with van der Waals surface area (Å²) < 4.78 is 0. The van der Waals surface area contributed by atoms with E-state index < -0.39 is 0 Å². The number of aromatic nitrogens is 2. The second-order valence-corrected chi connectivity index (χ2v) is 4.53. The zero-order valence-corrected chi connectivity index (χ0v) is 9.32. The van der Waals surface area contributed by atoms with Crippen LogP contribution in [0.2, 0.25) is 0 Å². The Hall–Kier alpha value is -1.35. The number of likely N-dealkylation sites (tertiary alicyclic amines) is 1. The van der Waals surface area contributed by atoms with Crippen LogP contribution in [0.5, 0.6) is 0 Å². The Morgan fingerprint density at radius 2 is 2.00 bits per heavy atom. The van der Waals surface area contributed by atoms with Crippen molar-refractivity contribution in [2.45, 2.75) is 18.8 Å². The Kier molecular flexibility index (Phi) is 2.40. The number of benzene rings is 1. The van der Waals surface area contributed by atoms with E-state index in [4.69, 9.17) is 0 Å². The Balaban J connectivity index is 1.88. The third kappa shape index (κ3) is 1.71. The Bertz CT molecular complexity index is 448. The third-order valence-corrected chi connectivity index (χ3v) is 3.38. The zero-order chi connectivity index (χ0) is 11.0. The number of fused-ring (bicyclic) bond motifs is 1. The second kappa shape index (κ2) is 3.91. The van der Waals surface area contributed by atoms with Crippen LogP contribution in [0.3, 0.4) is 0 Å². The minimum absolute atomic E-state index is 0.574. The van der Waals surface area contributed by atoms with E-state index in [1.165, 1.54) is 0 Å². The number of hydrogen-bond acceptors (Lipinski definition) is 2. The standard InChI is InChI=1S/C13H16N3/c1-16-8-6-10(7-9-16)13-14-11-4-2-3-5-12(11)15-13/h2-5,10H,1,6-9H2,(H,14,15)/q-1. The van der Waals surface area contributed by atoms with Crippen LogP contribution in [0.25, 0.3) is 11.0 Å². The predicted octanol–water partition coefficient (Wildman–Crippen LogP) is 2.53. The van der Waals surface area contributed by atoms with Crippen LogP contribution in [0.15, 0.2) is 24.3 Å². The van der Waals surface area contributed by atoms with Gasteiger partial charge in [-0.05, 0) is 38.1 Å². The smallest absolute Gasteiger partial charge is 0.110 e. The Labute approximate surface area is 95.5 Å². The number of para-hydroxylation sites is 2. The summed E-state index contributed by atoms with van der Waals surface area (Å²) >= 11 is 0. The number of piperidine rings is 1. The molecule has 0 spiro atoms. The highest BCUT2D eigenvalue weighted by molar-refractivity contribution is 5.74. The molecule has 1 aromatic heterocycles. The summed E-state index contributed by atoms with van der Waals surface area (Å²) in [6, 6.07) is 8.22. The molecule has 1 aliphatic heterocycles. The molecule has 0 atom stereocenters. The van der Waals surface area contributed by atoms with Crippen LogP contribution in [-0.2, 0) is 0 Å². The molecule has 0 saturated carbocycles. The molecule has 2 heterocycles. The van der Waals surface area contributed by atoms with Crippen molar-refractivity contribution in [3.63, 3.8) is 0 Å². The van der Waals surface area contributed by atoms with Gasteiger partial charge in [0, 0.05) is 5.92 Å². The van der Waals surface area contributed by atoms with E-state index in [-0.39, 0.29) is 0 Å². The molecular weight excluding hydrogens is 198 g/mol. The monoisotopic (exact) mass is 214 g/mol. The van der Waals surface area contributed by atoms with Crippen molar-refractivity contribution in [3.05, 3.63) is 37.1 Å². The van der Waals surface area contributed by atoms with Crippen LogP contribution >= 0.6 is 0 Å². The summed E-state index contributed by atoms with van der Waals surface area (Å²) in [6.45, 7) is 2.14. The van der Waals surface area contributed by atoms with Crippen molar-refractivity contribution >= 4 is 11.0 Å². The van der Waals surface area contributed by atoms with Crippen LogP contribution in [0, 0.1) is 7.05 Å². The summed E-state index contributed by atoms with van der Waals surface area (Å²) in [6.07, 6.45) is 2.31. The van der Waals surface area contributed by atoms with Gasteiger partial charge in [0.25, 0.3) is 0 Å². The minimum Gasteiger partial charge on any atom is -0.459 e. The van der Waals surface area contributed by atoms with E-state index in [2.05, 4.69) is 34.0 Å². The van der Waals surface area contributed by atoms with Crippen LogP contribution in [0.4, 0.5) is 0 Å². The lowest BCUT2D eigenvalue weighted by atomic mass is 9.97. The molecule has 0 amide bonds. The molecule has 1 N–H and O–H groups in total. The van der Waals surface area contributed by atoms with Gasteiger partial charge in [-0.3, -0.25) is 7.05 Å². The largest absolute Gasteiger partial charge is 0.459 e. The lowest BCUT2D eigenvalue weighted by Crippen LogP contribution is -2.28. The summed E-state index contributed by atoms with van der Waals surface area (Å²) in [5, 5.41) is 0. The molecule has 3 heteroatoms. The fourth-order valence-electron chi connectivity index (χ4n) is 2.37. The average Bonchev–Trinajstić information content (AvgIpc) is 2.73. The van der Waals surface area contributed by atoms with Crippen molar-refractivity contribution in [2.75, 3.05) is 13.1 Å². The molecule has 0 bridgehead atoms. The third-order valence-electron chi connectivity index (χ3n) is 3.38. The maximum Gasteiger partial charge on any atom is 0.110 e. The molecule has 16 heavy (non-hydrogen) atoms. The quantitative estimate of drug-likeness (QED) is 0.740. The van der Waals surface area contributed by atoms with Gasteiger partial charge in [0.1, 0.15) is 5.82 Å². The number of aromatic amines is 1. The normalized spacial score (nSPS) is 19.3. The molecule has 1 aliphatic rings. The maximum absolute atomic E-state index is 4.67. The van der Waals surface area contributed by atoms with Crippen LogP contribution < -0.4 is 0 Å². The van der Waals surface area contributed by atoms with E-state index >= 15 is 0 Å². The highest BCUT2D eigenvalue weighted by Crippen LogP contribution is 2.27. The lowest BCUT2D eigenvalue weighted by Gasteiger charge is -2.33. The van der Waals surface area contributed by atoms with Gasteiger partial charge in [0.15, 0.2) is 0 Å². The zero-order valence-electron chi connectivity index (χ0n) is 9.32. The number of imidazole rings is 1. The number of rotatable bonds is 1. The highest BCUT2D eigenvalue weighted by Gasteiger charge is 2.19. The van der Waals surface area contributed by atoms with Gasteiger partial charge in [-0.1, -0.05) is 12.1 Å². The molecule has 84 valence electrons. The first kappa shape index (κ1) is 9.85. The molecule has 3 nitrogen and oxygen atoms in total. The first-order chi connectivity index (χ1) is 7.83. The van der Waals surface area contributed by atoms with Crippen molar-refractivity contribution in [3.8, 4) is 0 Å². The van der Waals surface area contributed by atoms with Gasteiger partial charge in [0.2, 0.25) is 0 Å². The first-order valence-corrected chi connectivity index (χ1v) is 5.83. The Morgan fingerprint density at radius 3 is 2.75 bits per heavy atom. The minimum atomic E-state index is 0.574. The molecular formula is C13H16N3-. The number of H-pyrrole nitrogens is 1. The van der Waals surface area contributed by atoms with E-state index in [0.717, 1.165) is 42.8 Å². The van der Waals surface area contributed by atoms with Gasteiger partial charge >= 0.3 is 0 Å². The van der Waals surface area contributed by atoms with Gasteiger partial charge in [-0.15, -0.1) is 0 Å². The van der Waals surface area contributed by atoms with E-state index in [1.54, 1.807) is 0 Å². The van der Waals surface area contributed by atoms with Crippen molar-refractivity contribution in [1.82, 2.24) is 14.9 Å². The van der Waals surface area contributed by atoms with E-state index in [0.29, 0.717) is 5.92 Å². The fourth-order valence-corrected chi connectivity index (χ4v) is 2.37. The van der Waals surface area contributed by atoms with Gasteiger partial charge < -0.3 is 9.88 Å². The molecule has 0 unspecified atom stereocenters. The molecule has 1 saturated heterocycles. The predicted molar refractivity (Wildman–Crippen MR) is 65.0 cm³/mol. The van der Waals surface area contributed by atoms with Crippen molar-refractivity contribution in [1.29, 1.82) is 0 Å². The van der Waals surface area contributed by atoms with E-state index in [9.17, 15) is 0 Å². The summed E-state index contributed by atoms with van der Waals surface area (Å²) in [4.78, 5) is 10.2. The number of nitrogens with one attached hydrogen (secondary N) is 1. The SMILES string of the molecule is [CH2-]N1CCC(c2nc3ccccc3[nH]2)CC1. The van der Waals surface area contributed by atoms with Gasteiger partial charge in [-0.2, -0.15) is 0 Å². The molecule has 2 aromatic rings. The molecule has 1 fully saturated rings. The molecule has 3 rings (SSSR count). The van der Waals surface area contributed by atoms with Crippen LogP contribution in [-0.4, -0.2) is 28.0 Å². The summed E-state index contributed by atoms with van der Waals surface area (Å²) in [7, 11) is 3.97. The maximum atomic E-state index is 4.67. The highest BCUT2D eigenvalue weighted by atomic mass is 15.1. The van der Waals surface area contributed by atoms with Crippen LogP contribution in [0.1, 0.15) is 24.6 Å². The number of nitrogens with zero attached hydrogens (tertiary/aromatic N) is 2.